The Morgan fingerprint density at radius 2 is 2.33 bits per heavy atom. The molecule has 0 heterocycles. The Kier molecular flexibility index (Phi) is 3.10. The molecule has 0 spiro atoms. The summed E-state index contributed by atoms with van der Waals surface area (Å²) in [6.45, 7) is 4.12. The zero-order valence-electron chi connectivity index (χ0n) is 8.15. The number of nitrogens with two attached hydrogens (primary N) is 1. The Morgan fingerprint density at radius 3 is 2.75 bits per heavy atom. The van der Waals surface area contributed by atoms with Crippen molar-refractivity contribution in [1.29, 1.82) is 0 Å². The van der Waals surface area contributed by atoms with E-state index in [1.54, 1.807) is 0 Å². The van der Waals surface area contributed by atoms with Gasteiger partial charge in [0.25, 0.3) is 0 Å². The molecule has 1 saturated carbocycles. The van der Waals surface area contributed by atoms with E-state index >= 15 is 0 Å². The van der Waals surface area contributed by atoms with Gasteiger partial charge >= 0.3 is 0 Å². The molecule has 2 heteroatoms. The first-order valence-electron chi connectivity index (χ1n) is 5.03. The minimum Gasteiger partial charge on any atom is -0.328 e. The first-order chi connectivity index (χ1) is 5.58. The highest BCUT2D eigenvalue weighted by Crippen LogP contribution is 2.40. The van der Waals surface area contributed by atoms with Crippen molar-refractivity contribution in [2.24, 2.45) is 11.7 Å². The Hall–Kier alpha value is -0.110. The molecule has 72 valence electrons. The zero-order chi connectivity index (χ0) is 9.19. The van der Waals surface area contributed by atoms with Crippen molar-refractivity contribution in [3.05, 3.63) is 0 Å². The van der Waals surface area contributed by atoms with Gasteiger partial charge in [0.05, 0.1) is 0 Å². The minimum atomic E-state index is -0.949. The second-order valence-electron chi connectivity index (χ2n) is 4.23. The molecule has 3 atom stereocenters. The van der Waals surface area contributed by atoms with Crippen LogP contribution in [0, 0.1) is 5.92 Å². The average Bonchev–Trinajstić information content (AvgIpc) is 2.33. The summed E-state index contributed by atoms with van der Waals surface area (Å²) < 4.78 is 14.1. The molecule has 0 saturated heterocycles. The number of rotatable bonds is 3. The maximum absolute atomic E-state index is 14.1. The first kappa shape index (κ1) is 9.97. The van der Waals surface area contributed by atoms with Crippen molar-refractivity contribution >= 4 is 0 Å². The lowest BCUT2D eigenvalue weighted by Crippen LogP contribution is -2.30. The molecule has 0 aromatic heterocycles. The van der Waals surface area contributed by atoms with E-state index in [0.29, 0.717) is 12.8 Å². The van der Waals surface area contributed by atoms with Gasteiger partial charge in [-0.3, -0.25) is 0 Å². The fourth-order valence-electron chi connectivity index (χ4n) is 2.20. The summed E-state index contributed by atoms with van der Waals surface area (Å²) in [5.74, 6) is 0.191. The lowest BCUT2D eigenvalue weighted by Gasteiger charge is -2.26. The zero-order valence-corrected chi connectivity index (χ0v) is 8.15. The number of alkyl halides is 1. The molecule has 12 heavy (non-hydrogen) atoms. The highest BCUT2D eigenvalue weighted by molar-refractivity contribution is 4.94. The molecule has 2 N–H and O–H groups in total. The van der Waals surface area contributed by atoms with Crippen molar-refractivity contribution in [2.45, 2.75) is 57.7 Å². The van der Waals surface area contributed by atoms with Crippen LogP contribution in [0.1, 0.15) is 46.0 Å². The molecule has 0 radical (unpaired) electrons. The average molecular weight is 173 g/mol. The van der Waals surface area contributed by atoms with Crippen LogP contribution in [0.25, 0.3) is 0 Å². The maximum atomic E-state index is 14.1. The van der Waals surface area contributed by atoms with Crippen LogP contribution in [0.15, 0.2) is 0 Å². The van der Waals surface area contributed by atoms with Gasteiger partial charge in [-0.05, 0) is 31.6 Å². The Bertz CT molecular complexity index is 149. The van der Waals surface area contributed by atoms with E-state index in [0.717, 1.165) is 19.3 Å². The predicted molar refractivity (Wildman–Crippen MR) is 49.7 cm³/mol. The van der Waals surface area contributed by atoms with Gasteiger partial charge in [0, 0.05) is 6.04 Å². The molecule has 0 aromatic carbocycles. The largest absolute Gasteiger partial charge is 0.328 e. The highest BCUT2D eigenvalue weighted by atomic mass is 19.1. The molecular weight excluding hydrogens is 153 g/mol. The summed E-state index contributed by atoms with van der Waals surface area (Å²) >= 11 is 0. The Balaban J connectivity index is 2.48. The van der Waals surface area contributed by atoms with Gasteiger partial charge in [-0.25, -0.2) is 4.39 Å². The van der Waals surface area contributed by atoms with Crippen LogP contribution in [0.3, 0.4) is 0 Å². The van der Waals surface area contributed by atoms with Gasteiger partial charge in [0.1, 0.15) is 5.67 Å². The van der Waals surface area contributed by atoms with E-state index in [1.165, 1.54) is 0 Å². The van der Waals surface area contributed by atoms with Crippen LogP contribution < -0.4 is 5.73 Å². The second-order valence-corrected chi connectivity index (χ2v) is 4.23. The van der Waals surface area contributed by atoms with Crippen LogP contribution in [0.4, 0.5) is 4.39 Å². The molecule has 0 aromatic rings. The quantitative estimate of drug-likeness (QED) is 0.697. The lowest BCUT2D eigenvalue weighted by atomic mass is 9.86. The fraction of sp³-hybridized carbons (Fsp3) is 1.00. The normalized spacial score (nSPS) is 38.5. The van der Waals surface area contributed by atoms with E-state index < -0.39 is 5.67 Å². The third kappa shape index (κ3) is 1.98. The van der Waals surface area contributed by atoms with Crippen LogP contribution in [-0.2, 0) is 0 Å². The monoisotopic (exact) mass is 173 g/mol. The summed E-state index contributed by atoms with van der Waals surface area (Å²) in [5, 5.41) is 0. The van der Waals surface area contributed by atoms with Crippen LogP contribution in [0.2, 0.25) is 0 Å². The summed E-state index contributed by atoms with van der Waals surface area (Å²) in [5.41, 5.74) is 4.76. The van der Waals surface area contributed by atoms with Crippen LogP contribution in [-0.4, -0.2) is 11.7 Å². The number of hydrogen-bond donors (Lipinski definition) is 1. The van der Waals surface area contributed by atoms with E-state index in [9.17, 15) is 4.39 Å². The Morgan fingerprint density at radius 1 is 1.67 bits per heavy atom. The van der Waals surface area contributed by atoms with E-state index in [2.05, 4.69) is 6.92 Å². The van der Waals surface area contributed by atoms with E-state index in [-0.39, 0.29) is 12.0 Å². The van der Waals surface area contributed by atoms with Gasteiger partial charge < -0.3 is 5.73 Å². The van der Waals surface area contributed by atoms with Gasteiger partial charge in [0.2, 0.25) is 0 Å². The lowest BCUT2D eigenvalue weighted by molar-refractivity contribution is 0.0909. The van der Waals surface area contributed by atoms with Crippen molar-refractivity contribution < 1.29 is 4.39 Å². The van der Waals surface area contributed by atoms with Gasteiger partial charge in [-0.15, -0.1) is 0 Å². The Labute approximate surface area is 74.5 Å². The predicted octanol–water partition coefficient (Wildman–Crippen LogP) is 2.64. The van der Waals surface area contributed by atoms with Crippen LogP contribution in [0.5, 0.6) is 0 Å². The molecule has 1 nitrogen and oxygen atoms in total. The van der Waals surface area contributed by atoms with Crippen molar-refractivity contribution in [3.63, 3.8) is 0 Å². The summed E-state index contributed by atoms with van der Waals surface area (Å²) in [4.78, 5) is 0. The van der Waals surface area contributed by atoms with Gasteiger partial charge in [-0.2, -0.15) is 0 Å². The molecular formula is C10H20FN. The van der Waals surface area contributed by atoms with E-state index in [4.69, 9.17) is 5.73 Å². The molecule has 0 amide bonds. The third-order valence-electron chi connectivity index (χ3n) is 3.14. The van der Waals surface area contributed by atoms with Crippen molar-refractivity contribution in [2.75, 3.05) is 0 Å². The van der Waals surface area contributed by atoms with Gasteiger partial charge in [0.15, 0.2) is 0 Å². The molecule has 1 aliphatic carbocycles. The summed E-state index contributed by atoms with van der Waals surface area (Å²) in [6, 6.07) is 0.106. The first-order valence-corrected chi connectivity index (χ1v) is 5.03. The number of halogens is 1. The van der Waals surface area contributed by atoms with Crippen LogP contribution >= 0.6 is 0 Å². The topological polar surface area (TPSA) is 26.0 Å². The molecule has 3 unspecified atom stereocenters. The van der Waals surface area contributed by atoms with Gasteiger partial charge in [-0.1, -0.05) is 20.3 Å². The second kappa shape index (κ2) is 3.73. The molecule has 1 fully saturated rings. The third-order valence-corrected chi connectivity index (χ3v) is 3.14. The molecule has 1 rings (SSSR count). The van der Waals surface area contributed by atoms with Crippen molar-refractivity contribution in [3.8, 4) is 0 Å². The van der Waals surface area contributed by atoms with E-state index in [1.807, 2.05) is 6.92 Å². The minimum absolute atomic E-state index is 0.106. The highest BCUT2D eigenvalue weighted by Gasteiger charge is 2.41. The standard InChI is InChI=1S/C10H20FN/c1-3-4-8(2)10(11)6-5-9(12)7-10/h8-9H,3-7,12H2,1-2H3. The molecule has 0 bridgehead atoms. The fourth-order valence-corrected chi connectivity index (χ4v) is 2.20. The summed E-state index contributed by atoms with van der Waals surface area (Å²) in [6.07, 6.45) is 4.18. The molecule has 1 aliphatic rings. The summed E-state index contributed by atoms with van der Waals surface area (Å²) in [7, 11) is 0. The molecule has 0 aliphatic heterocycles. The smallest absolute Gasteiger partial charge is 0.115 e. The maximum Gasteiger partial charge on any atom is 0.115 e. The van der Waals surface area contributed by atoms with Crippen molar-refractivity contribution in [1.82, 2.24) is 0 Å². The SMILES string of the molecule is CCCC(C)C1(F)CCC(N)C1. The number of hydrogen-bond acceptors (Lipinski definition) is 1.